The van der Waals surface area contributed by atoms with Gasteiger partial charge < -0.3 is 10.5 Å². The molecular formula is C13H25N3O. The van der Waals surface area contributed by atoms with Gasteiger partial charge in [-0.3, -0.25) is 9.80 Å². The van der Waals surface area contributed by atoms with Crippen LogP contribution in [0.5, 0.6) is 0 Å². The SMILES string of the molecule is CC(N)C1CN(C2CCN(C3CC3)C2)CCO1. The van der Waals surface area contributed by atoms with E-state index in [0.29, 0.717) is 0 Å². The molecule has 1 saturated carbocycles. The fraction of sp³-hybridized carbons (Fsp3) is 1.00. The summed E-state index contributed by atoms with van der Waals surface area (Å²) in [5, 5.41) is 0. The van der Waals surface area contributed by atoms with Gasteiger partial charge in [0, 0.05) is 44.3 Å². The molecule has 3 fully saturated rings. The third-order valence-electron chi connectivity index (χ3n) is 4.49. The topological polar surface area (TPSA) is 41.7 Å². The van der Waals surface area contributed by atoms with Crippen molar-refractivity contribution in [3.63, 3.8) is 0 Å². The summed E-state index contributed by atoms with van der Waals surface area (Å²) in [6.07, 6.45) is 4.43. The molecule has 3 unspecified atom stereocenters. The Morgan fingerprint density at radius 2 is 1.82 bits per heavy atom. The van der Waals surface area contributed by atoms with Crippen molar-refractivity contribution in [3.05, 3.63) is 0 Å². The van der Waals surface area contributed by atoms with E-state index >= 15 is 0 Å². The van der Waals surface area contributed by atoms with Crippen LogP contribution in [-0.4, -0.2) is 66.8 Å². The summed E-state index contributed by atoms with van der Waals surface area (Å²) in [7, 11) is 0. The van der Waals surface area contributed by atoms with Crippen molar-refractivity contribution >= 4 is 0 Å². The summed E-state index contributed by atoms with van der Waals surface area (Å²) in [6.45, 7) is 7.60. The molecular weight excluding hydrogens is 214 g/mol. The first-order valence-electron chi connectivity index (χ1n) is 7.09. The molecule has 17 heavy (non-hydrogen) atoms. The average Bonchev–Trinajstić information content (AvgIpc) is 3.07. The lowest BCUT2D eigenvalue weighted by Crippen LogP contribution is -2.53. The number of morpholine rings is 1. The standard InChI is InChI=1S/C13H25N3O/c1-10(14)13-9-16(6-7-17-13)12-4-5-15(8-12)11-2-3-11/h10-13H,2-9,14H2,1H3. The molecule has 98 valence electrons. The zero-order valence-electron chi connectivity index (χ0n) is 10.8. The van der Waals surface area contributed by atoms with E-state index in [2.05, 4.69) is 16.7 Å². The Labute approximate surface area is 104 Å². The molecule has 4 nitrogen and oxygen atoms in total. The van der Waals surface area contributed by atoms with E-state index in [1.807, 2.05) is 0 Å². The summed E-state index contributed by atoms with van der Waals surface area (Å²) in [6, 6.07) is 1.82. The van der Waals surface area contributed by atoms with Gasteiger partial charge >= 0.3 is 0 Å². The zero-order chi connectivity index (χ0) is 11.8. The molecule has 1 aliphatic carbocycles. The van der Waals surface area contributed by atoms with Crippen molar-refractivity contribution in [1.29, 1.82) is 0 Å². The van der Waals surface area contributed by atoms with Gasteiger partial charge in [-0.1, -0.05) is 0 Å². The van der Waals surface area contributed by atoms with E-state index in [-0.39, 0.29) is 12.1 Å². The second-order valence-electron chi connectivity index (χ2n) is 5.93. The van der Waals surface area contributed by atoms with Crippen molar-refractivity contribution in [2.24, 2.45) is 5.73 Å². The Balaban J connectivity index is 1.53. The Morgan fingerprint density at radius 3 is 2.53 bits per heavy atom. The fourth-order valence-corrected chi connectivity index (χ4v) is 3.18. The van der Waals surface area contributed by atoms with Crippen LogP contribution in [0.1, 0.15) is 26.2 Å². The van der Waals surface area contributed by atoms with Gasteiger partial charge in [-0.15, -0.1) is 0 Å². The summed E-state index contributed by atoms with van der Waals surface area (Å²) in [4.78, 5) is 5.29. The van der Waals surface area contributed by atoms with Crippen molar-refractivity contribution in [2.75, 3.05) is 32.8 Å². The number of nitrogens with zero attached hydrogens (tertiary/aromatic N) is 2. The lowest BCUT2D eigenvalue weighted by Gasteiger charge is -2.38. The maximum Gasteiger partial charge on any atom is 0.0850 e. The highest BCUT2D eigenvalue weighted by atomic mass is 16.5. The summed E-state index contributed by atoms with van der Waals surface area (Å²) < 4.78 is 5.74. The van der Waals surface area contributed by atoms with Crippen LogP contribution in [0.25, 0.3) is 0 Å². The van der Waals surface area contributed by atoms with Crippen LogP contribution in [0.2, 0.25) is 0 Å². The minimum atomic E-state index is 0.152. The molecule has 0 aromatic heterocycles. The molecule has 0 aromatic carbocycles. The highest BCUT2D eigenvalue weighted by Gasteiger charge is 2.37. The molecule has 2 saturated heterocycles. The van der Waals surface area contributed by atoms with E-state index in [1.54, 1.807) is 0 Å². The summed E-state index contributed by atoms with van der Waals surface area (Å²) >= 11 is 0. The average molecular weight is 239 g/mol. The van der Waals surface area contributed by atoms with Gasteiger partial charge in [-0.25, -0.2) is 0 Å². The van der Waals surface area contributed by atoms with Crippen LogP contribution in [0.4, 0.5) is 0 Å². The molecule has 2 N–H and O–H groups in total. The Kier molecular flexibility index (Phi) is 3.39. The molecule has 0 radical (unpaired) electrons. The molecule has 3 aliphatic rings. The van der Waals surface area contributed by atoms with Crippen molar-refractivity contribution < 1.29 is 4.74 Å². The lowest BCUT2D eigenvalue weighted by atomic mass is 10.1. The number of hydrogen-bond acceptors (Lipinski definition) is 4. The minimum Gasteiger partial charge on any atom is -0.374 e. The van der Waals surface area contributed by atoms with Gasteiger partial charge in [-0.05, 0) is 26.2 Å². The summed E-state index contributed by atoms with van der Waals surface area (Å²) in [5.41, 5.74) is 5.95. The van der Waals surface area contributed by atoms with E-state index < -0.39 is 0 Å². The Bertz CT molecular complexity index is 267. The molecule has 0 bridgehead atoms. The number of nitrogens with two attached hydrogens (primary N) is 1. The highest BCUT2D eigenvalue weighted by molar-refractivity contribution is 4.94. The summed E-state index contributed by atoms with van der Waals surface area (Å²) in [5.74, 6) is 0. The number of likely N-dealkylation sites (tertiary alicyclic amines) is 1. The van der Waals surface area contributed by atoms with E-state index in [9.17, 15) is 0 Å². The van der Waals surface area contributed by atoms with Crippen LogP contribution in [0, 0.1) is 0 Å². The highest BCUT2D eigenvalue weighted by Crippen LogP contribution is 2.31. The van der Waals surface area contributed by atoms with Crippen molar-refractivity contribution in [3.8, 4) is 0 Å². The third kappa shape index (κ3) is 2.65. The van der Waals surface area contributed by atoms with E-state index in [0.717, 1.165) is 31.8 Å². The second-order valence-corrected chi connectivity index (χ2v) is 5.93. The first-order valence-corrected chi connectivity index (χ1v) is 7.09. The van der Waals surface area contributed by atoms with Gasteiger partial charge in [-0.2, -0.15) is 0 Å². The molecule has 0 aromatic rings. The minimum absolute atomic E-state index is 0.152. The van der Waals surface area contributed by atoms with Gasteiger partial charge in [0.2, 0.25) is 0 Å². The predicted molar refractivity (Wildman–Crippen MR) is 68.0 cm³/mol. The molecule has 0 amide bonds. The number of hydrogen-bond donors (Lipinski definition) is 1. The normalized spacial score (nSPS) is 38.5. The van der Waals surface area contributed by atoms with Gasteiger partial charge in [0.05, 0.1) is 12.7 Å². The van der Waals surface area contributed by atoms with E-state index in [4.69, 9.17) is 10.5 Å². The molecule has 0 spiro atoms. The number of rotatable bonds is 3. The molecule has 3 rings (SSSR count). The quantitative estimate of drug-likeness (QED) is 0.768. The molecule has 4 heteroatoms. The second kappa shape index (κ2) is 4.84. The predicted octanol–water partition coefficient (Wildman–Crippen LogP) is 0.271. The first-order chi connectivity index (χ1) is 8.24. The maximum absolute atomic E-state index is 5.95. The molecule has 2 heterocycles. The largest absolute Gasteiger partial charge is 0.374 e. The van der Waals surface area contributed by atoms with Crippen LogP contribution in [-0.2, 0) is 4.74 Å². The van der Waals surface area contributed by atoms with Crippen LogP contribution >= 0.6 is 0 Å². The van der Waals surface area contributed by atoms with Gasteiger partial charge in [0.25, 0.3) is 0 Å². The van der Waals surface area contributed by atoms with Crippen LogP contribution < -0.4 is 5.73 Å². The van der Waals surface area contributed by atoms with Crippen molar-refractivity contribution in [2.45, 2.75) is 50.4 Å². The zero-order valence-corrected chi connectivity index (χ0v) is 10.8. The Hall–Kier alpha value is -0.160. The lowest BCUT2D eigenvalue weighted by molar-refractivity contribution is -0.0501. The van der Waals surface area contributed by atoms with Gasteiger partial charge in [0.1, 0.15) is 0 Å². The number of ether oxygens (including phenoxy) is 1. The maximum atomic E-state index is 5.95. The smallest absolute Gasteiger partial charge is 0.0850 e. The van der Waals surface area contributed by atoms with Gasteiger partial charge in [0.15, 0.2) is 0 Å². The molecule has 3 atom stereocenters. The van der Waals surface area contributed by atoms with Crippen LogP contribution in [0.3, 0.4) is 0 Å². The van der Waals surface area contributed by atoms with Crippen LogP contribution in [0.15, 0.2) is 0 Å². The van der Waals surface area contributed by atoms with Crippen molar-refractivity contribution in [1.82, 2.24) is 9.80 Å². The molecule has 2 aliphatic heterocycles. The van der Waals surface area contributed by atoms with E-state index in [1.165, 1.54) is 32.4 Å². The first kappa shape index (κ1) is 11.9. The third-order valence-corrected chi connectivity index (χ3v) is 4.49. The Morgan fingerprint density at radius 1 is 1.06 bits per heavy atom. The monoisotopic (exact) mass is 239 g/mol. The fourth-order valence-electron chi connectivity index (χ4n) is 3.18.